The van der Waals surface area contributed by atoms with Gasteiger partial charge in [0.15, 0.2) is 0 Å². The van der Waals surface area contributed by atoms with E-state index in [1.54, 1.807) is 0 Å². The van der Waals surface area contributed by atoms with Crippen LogP contribution in [0.3, 0.4) is 0 Å². The smallest absolute Gasteiger partial charge is 0.315 e. The summed E-state index contributed by atoms with van der Waals surface area (Å²) in [5, 5.41) is 6.04. The first-order valence-corrected chi connectivity index (χ1v) is 7.80. The van der Waals surface area contributed by atoms with Crippen molar-refractivity contribution in [2.24, 2.45) is 17.6 Å². The van der Waals surface area contributed by atoms with Crippen molar-refractivity contribution in [3.8, 4) is 0 Å². The van der Waals surface area contributed by atoms with Gasteiger partial charge in [-0.3, -0.25) is 0 Å². The zero-order valence-electron chi connectivity index (χ0n) is 12.4. The van der Waals surface area contributed by atoms with Crippen LogP contribution in [0.15, 0.2) is 0 Å². The Morgan fingerprint density at radius 3 is 2.37 bits per heavy atom. The Hall–Kier alpha value is -0.770. The van der Waals surface area contributed by atoms with E-state index in [1.165, 1.54) is 19.3 Å². The summed E-state index contributed by atoms with van der Waals surface area (Å²) in [5.74, 6) is 1.32. The van der Waals surface area contributed by atoms with Crippen molar-refractivity contribution in [2.75, 3.05) is 6.54 Å². The molecule has 0 spiro atoms. The van der Waals surface area contributed by atoms with E-state index in [0.29, 0.717) is 24.4 Å². The zero-order valence-corrected chi connectivity index (χ0v) is 12.4. The highest BCUT2D eigenvalue weighted by molar-refractivity contribution is 5.74. The predicted molar refractivity (Wildman–Crippen MR) is 77.9 cm³/mol. The number of carbonyl (C=O) groups excluding carboxylic acids is 1. The van der Waals surface area contributed by atoms with Crippen LogP contribution in [0.5, 0.6) is 0 Å². The number of urea groups is 1. The summed E-state index contributed by atoms with van der Waals surface area (Å²) in [4.78, 5) is 11.9. The third-order valence-corrected chi connectivity index (χ3v) is 4.61. The summed E-state index contributed by atoms with van der Waals surface area (Å²) in [7, 11) is 0. The lowest BCUT2D eigenvalue weighted by atomic mass is 9.72. The molecule has 2 saturated carbocycles. The van der Waals surface area contributed by atoms with Gasteiger partial charge in [0.05, 0.1) is 0 Å². The second-order valence-electron chi connectivity index (χ2n) is 7.03. The van der Waals surface area contributed by atoms with Gasteiger partial charge in [-0.25, -0.2) is 4.79 Å². The number of rotatable bonds is 3. The molecule has 0 bridgehead atoms. The van der Waals surface area contributed by atoms with Crippen LogP contribution in [0, 0.1) is 11.8 Å². The molecule has 0 aromatic heterocycles. The molecule has 4 nitrogen and oxygen atoms in total. The first-order chi connectivity index (χ1) is 8.97. The molecule has 0 radical (unpaired) electrons. The van der Waals surface area contributed by atoms with Crippen LogP contribution in [-0.4, -0.2) is 24.2 Å². The van der Waals surface area contributed by atoms with Crippen LogP contribution in [-0.2, 0) is 0 Å². The minimum absolute atomic E-state index is 0.0393. The first kappa shape index (κ1) is 14.6. The Bertz CT molecular complexity index is 303. The van der Waals surface area contributed by atoms with E-state index in [-0.39, 0.29) is 11.6 Å². The number of nitrogens with two attached hydrogens (primary N) is 1. The van der Waals surface area contributed by atoms with E-state index in [2.05, 4.69) is 24.5 Å². The lowest BCUT2D eigenvalue weighted by Gasteiger charge is -2.40. The molecule has 0 aliphatic heterocycles. The maximum absolute atomic E-state index is 11.9. The minimum Gasteiger partial charge on any atom is -0.336 e. The summed E-state index contributed by atoms with van der Waals surface area (Å²) in [5.41, 5.74) is 6.24. The fourth-order valence-electron chi connectivity index (χ4n) is 4.03. The van der Waals surface area contributed by atoms with E-state index < -0.39 is 0 Å². The van der Waals surface area contributed by atoms with Gasteiger partial charge in [-0.1, -0.05) is 26.7 Å². The van der Waals surface area contributed by atoms with Crippen molar-refractivity contribution in [2.45, 2.75) is 70.4 Å². The molecule has 4 heteroatoms. The number of carbonyl (C=O) groups is 1. The van der Waals surface area contributed by atoms with Gasteiger partial charge in [0.25, 0.3) is 0 Å². The third-order valence-electron chi connectivity index (χ3n) is 4.61. The molecule has 4 N–H and O–H groups in total. The second kappa shape index (κ2) is 6.12. The van der Waals surface area contributed by atoms with Crippen LogP contribution < -0.4 is 16.4 Å². The lowest BCUT2D eigenvalue weighted by molar-refractivity contribution is 0.177. The van der Waals surface area contributed by atoms with Gasteiger partial charge in [-0.05, 0) is 43.9 Å². The molecule has 2 amide bonds. The fourth-order valence-corrected chi connectivity index (χ4v) is 4.03. The van der Waals surface area contributed by atoms with Gasteiger partial charge in [0, 0.05) is 18.1 Å². The Balaban J connectivity index is 1.75. The monoisotopic (exact) mass is 267 g/mol. The molecular weight excluding hydrogens is 238 g/mol. The quantitative estimate of drug-likeness (QED) is 0.735. The van der Waals surface area contributed by atoms with Crippen molar-refractivity contribution in [3.63, 3.8) is 0 Å². The highest BCUT2D eigenvalue weighted by Crippen LogP contribution is 2.33. The first-order valence-electron chi connectivity index (χ1n) is 7.80. The number of hydrogen-bond donors (Lipinski definition) is 3. The van der Waals surface area contributed by atoms with Crippen LogP contribution >= 0.6 is 0 Å². The van der Waals surface area contributed by atoms with Gasteiger partial charge in [0.1, 0.15) is 0 Å². The van der Waals surface area contributed by atoms with E-state index >= 15 is 0 Å². The maximum Gasteiger partial charge on any atom is 0.315 e. The summed E-state index contributed by atoms with van der Waals surface area (Å²) in [6, 6.07) is 0.334. The van der Waals surface area contributed by atoms with Crippen molar-refractivity contribution < 1.29 is 4.79 Å². The van der Waals surface area contributed by atoms with Gasteiger partial charge >= 0.3 is 6.03 Å². The standard InChI is InChI=1S/C15H29N3O/c1-11-7-12(2)9-15(16,8-11)10-17-14(19)18-13-5-3-4-6-13/h11-13H,3-10,16H2,1-2H3,(H2,17,18,19). The van der Waals surface area contributed by atoms with E-state index in [1.807, 2.05) is 0 Å². The zero-order chi connectivity index (χ0) is 13.9. The molecule has 2 aliphatic rings. The highest BCUT2D eigenvalue weighted by atomic mass is 16.2. The second-order valence-corrected chi connectivity index (χ2v) is 7.03. The molecule has 2 unspecified atom stereocenters. The van der Waals surface area contributed by atoms with Gasteiger partial charge in [0.2, 0.25) is 0 Å². The maximum atomic E-state index is 11.9. The number of hydrogen-bond acceptors (Lipinski definition) is 2. The molecule has 2 aliphatic carbocycles. The predicted octanol–water partition coefficient (Wildman–Crippen LogP) is 2.38. The molecular formula is C15H29N3O. The number of amides is 2. The molecule has 19 heavy (non-hydrogen) atoms. The van der Waals surface area contributed by atoms with Crippen molar-refractivity contribution in [3.05, 3.63) is 0 Å². The molecule has 0 aromatic rings. The van der Waals surface area contributed by atoms with Crippen LogP contribution in [0.2, 0.25) is 0 Å². The molecule has 0 aromatic carbocycles. The lowest BCUT2D eigenvalue weighted by Crippen LogP contribution is -2.56. The molecule has 2 fully saturated rings. The summed E-state index contributed by atoms with van der Waals surface area (Å²) in [6.45, 7) is 5.12. The van der Waals surface area contributed by atoms with Crippen LogP contribution in [0.1, 0.15) is 58.8 Å². The Kier molecular flexibility index (Phi) is 4.71. The van der Waals surface area contributed by atoms with Gasteiger partial charge in [-0.15, -0.1) is 0 Å². The van der Waals surface area contributed by atoms with Crippen molar-refractivity contribution >= 4 is 6.03 Å². The van der Waals surface area contributed by atoms with Crippen LogP contribution in [0.4, 0.5) is 4.79 Å². The molecule has 2 atom stereocenters. The summed E-state index contributed by atoms with van der Waals surface area (Å²) in [6.07, 6.45) is 8.00. The van der Waals surface area contributed by atoms with Crippen molar-refractivity contribution in [1.29, 1.82) is 0 Å². The third kappa shape index (κ3) is 4.37. The SMILES string of the molecule is CC1CC(C)CC(N)(CNC(=O)NC2CCCC2)C1. The Labute approximate surface area is 116 Å². The van der Waals surface area contributed by atoms with Crippen molar-refractivity contribution in [1.82, 2.24) is 10.6 Å². The summed E-state index contributed by atoms with van der Waals surface area (Å²) < 4.78 is 0. The van der Waals surface area contributed by atoms with Crippen LogP contribution in [0.25, 0.3) is 0 Å². The highest BCUT2D eigenvalue weighted by Gasteiger charge is 2.34. The normalized spacial score (nSPS) is 36.2. The van der Waals surface area contributed by atoms with Gasteiger partial charge in [-0.2, -0.15) is 0 Å². The molecule has 0 saturated heterocycles. The Morgan fingerprint density at radius 1 is 1.21 bits per heavy atom. The largest absolute Gasteiger partial charge is 0.336 e. The summed E-state index contributed by atoms with van der Waals surface area (Å²) >= 11 is 0. The van der Waals surface area contributed by atoms with E-state index in [0.717, 1.165) is 25.7 Å². The van der Waals surface area contributed by atoms with E-state index in [4.69, 9.17) is 5.73 Å². The molecule has 110 valence electrons. The number of nitrogens with one attached hydrogen (secondary N) is 2. The average molecular weight is 267 g/mol. The van der Waals surface area contributed by atoms with E-state index in [9.17, 15) is 4.79 Å². The topological polar surface area (TPSA) is 67.1 Å². The Morgan fingerprint density at radius 2 is 1.79 bits per heavy atom. The fraction of sp³-hybridized carbons (Fsp3) is 0.933. The van der Waals surface area contributed by atoms with Gasteiger partial charge < -0.3 is 16.4 Å². The molecule has 2 rings (SSSR count). The molecule has 0 heterocycles. The minimum atomic E-state index is -0.218. The average Bonchev–Trinajstić information content (AvgIpc) is 2.77.